The summed E-state index contributed by atoms with van der Waals surface area (Å²) in [6.07, 6.45) is 1.04. The maximum absolute atomic E-state index is 5.10. The van der Waals surface area contributed by atoms with Gasteiger partial charge in [-0.05, 0) is 12.2 Å². The van der Waals surface area contributed by atoms with Crippen LogP contribution < -0.4 is 0 Å². The lowest BCUT2D eigenvalue weighted by Gasteiger charge is -1.97. The predicted molar refractivity (Wildman–Crippen MR) is 43.1 cm³/mol. The summed E-state index contributed by atoms with van der Waals surface area (Å²) in [5.74, 6) is 1.72. The van der Waals surface area contributed by atoms with Crippen molar-refractivity contribution in [3.8, 4) is 0 Å². The molecule has 0 aliphatic carbocycles. The van der Waals surface area contributed by atoms with Gasteiger partial charge in [-0.1, -0.05) is 0 Å². The minimum Gasteiger partial charge on any atom is -0.381 e. The molecule has 0 bridgehead atoms. The molecule has 0 aromatic carbocycles. The third-order valence-corrected chi connectivity index (χ3v) is 1.18. The van der Waals surface area contributed by atoms with Crippen LogP contribution in [-0.4, -0.2) is 24.7 Å². The molecule has 50 valence electrons. The molecule has 0 amide bonds. The highest BCUT2D eigenvalue weighted by Gasteiger charge is 1.82. The molecule has 0 saturated carbocycles. The monoisotopic (exact) mass is 152 g/mol. The molecule has 0 unspecified atom stereocenters. The van der Waals surface area contributed by atoms with Gasteiger partial charge in [-0.2, -0.15) is 25.3 Å². The molecule has 0 spiro atoms. The molecule has 0 radical (unpaired) electrons. The zero-order valence-electron chi connectivity index (χ0n) is 4.84. The van der Waals surface area contributed by atoms with E-state index in [1.807, 2.05) is 0 Å². The average Bonchev–Trinajstić information content (AvgIpc) is 1.81. The van der Waals surface area contributed by atoms with Crippen molar-refractivity contribution >= 4 is 25.3 Å². The van der Waals surface area contributed by atoms with E-state index < -0.39 is 0 Å². The van der Waals surface area contributed by atoms with Gasteiger partial charge >= 0.3 is 0 Å². The van der Waals surface area contributed by atoms with Crippen molar-refractivity contribution in [2.45, 2.75) is 6.42 Å². The second kappa shape index (κ2) is 7.66. The Morgan fingerprint density at radius 1 is 1.00 bits per heavy atom. The Hall–Kier alpha value is 0.660. The van der Waals surface area contributed by atoms with Gasteiger partial charge in [-0.3, -0.25) is 0 Å². The molecular formula is C5H12OS2. The summed E-state index contributed by atoms with van der Waals surface area (Å²) >= 11 is 8.00. The van der Waals surface area contributed by atoms with Crippen LogP contribution in [0, 0.1) is 0 Å². The van der Waals surface area contributed by atoms with Crippen LogP contribution in [0.5, 0.6) is 0 Å². The number of ether oxygens (including phenoxy) is 1. The van der Waals surface area contributed by atoms with Crippen molar-refractivity contribution in [3.63, 3.8) is 0 Å². The number of rotatable bonds is 5. The summed E-state index contributed by atoms with van der Waals surface area (Å²) in [6.45, 7) is 1.58. The third-order valence-electron chi connectivity index (χ3n) is 0.682. The second-order valence-corrected chi connectivity index (χ2v) is 2.31. The molecule has 0 saturated heterocycles. The first-order chi connectivity index (χ1) is 3.91. The van der Waals surface area contributed by atoms with Crippen LogP contribution in [0.25, 0.3) is 0 Å². The Kier molecular flexibility index (Phi) is 8.29. The summed E-state index contributed by atoms with van der Waals surface area (Å²) in [6, 6.07) is 0. The fraction of sp³-hybridized carbons (Fsp3) is 1.00. The van der Waals surface area contributed by atoms with Crippen molar-refractivity contribution in [3.05, 3.63) is 0 Å². The van der Waals surface area contributed by atoms with E-state index in [1.54, 1.807) is 0 Å². The van der Waals surface area contributed by atoms with Crippen LogP contribution in [0.3, 0.4) is 0 Å². The van der Waals surface area contributed by atoms with E-state index in [-0.39, 0.29) is 0 Å². The van der Waals surface area contributed by atoms with Crippen LogP contribution in [0.2, 0.25) is 0 Å². The zero-order chi connectivity index (χ0) is 6.24. The van der Waals surface area contributed by atoms with Gasteiger partial charge < -0.3 is 4.74 Å². The molecule has 0 atom stereocenters. The van der Waals surface area contributed by atoms with E-state index >= 15 is 0 Å². The largest absolute Gasteiger partial charge is 0.381 e. The highest BCUT2D eigenvalue weighted by atomic mass is 32.1. The molecule has 8 heavy (non-hydrogen) atoms. The van der Waals surface area contributed by atoms with Gasteiger partial charge in [0.1, 0.15) is 0 Å². The zero-order valence-corrected chi connectivity index (χ0v) is 6.63. The van der Waals surface area contributed by atoms with Crippen LogP contribution in [-0.2, 0) is 4.74 Å². The average molecular weight is 152 g/mol. The molecule has 1 nitrogen and oxygen atoms in total. The number of hydrogen-bond donors (Lipinski definition) is 2. The van der Waals surface area contributed by atoms with E-state index in [1.165, 1.54) is 0 Å². The van der Waals surface area contributed by atoms with Gasteiger partial charge in [0, 0.05) is 12.4 Å². The van der Waals surface area contributed by atoms with Crippen LogP contribution in [0.15, 0.2) is 0 Å². The van der Waals surface area contributed by atoms with Gasteiger partial charge in [0.05, 0.1) is 6.61 Å². The quantitative estimate of drug-likeness (QED) is 0.445. The SMILES string of the molecule is SCCCOCCS. The number of hydrogen-bond acceptors (Lipinski definition) is 3. The third kappa shape index (κ3) is 6.66. The molecule has 0 fully saturated rings. The maximum atomic E-state index is 5.10. The smallest absolute Gasteiger partial charge is 0.0554 e. The molecule has 0 aromatic heterocycles. The molecule has 0 rings (SSSR count). The minimum atomic E-state index is 0.761. The van der Waals surface area contributed by atoms with E-state index in [4.69, 9.17) is 4.74 Å². The Bertz CT molecular complexity index is 35.4. The summed E-state index contributed by atoms with van der Waals surface area (Å²) in [4.78, 5) is 0. The lowest BCUT2D eigenvalue weighted by Crippen LogP contribution is -1.97. The Morgan fingerprint density at radius 3 is 2.25 bits per heavy atom. The van der Waals surface area contributed by atoms with Crippen LogP contribution >= 0.6 is 25.3 Å². The Labute approximate surface area is 61.6 Å². The molecular weight excluding hydrogens is 140 g/mol. The van der Waals surface area contributed by atoms with Gasteiger partial charge in [-0.15, -0.1) is 0 Å². The van der Waals surface area contributed by atoms with Gasteiger partial charge in [0.25, 0.3) is 0 Å². The van der Waals surface area contributed by atoms with Gasteiger partial charge in [0.2, 0.25) is 0 Å². The van der Waals surface area contributed by atoms with Crippen LogP contribution in [0.1, 0.15) is 6.42 Å². The first-order valence-corrected chi connectivity index (χ1v) is 3.97. The highest BCUT2D eigenvalue weighted by Crippen LogP contribution is 1.85. The first-order valence-electron chi connectivity index (χ1n) is 2.71. The summed E-state index contributed by atoms with van der Waals surface area (Å²) in [5.41, 5.74) is 0. The van der Waals surface area contributed by atoms with Crippen molar-refractivity contribution in [2.24, 2.45) is 0 Å². The van der Waals surface area contributed by atoms with E-state index in [2.05, 4.69) is 25.3 Å². The summed E-state index contributed by atoms with van der Waals surface area (Å²) in [5, 5.41) is 0. The summed E-state index contributed by atoms with van der Waals surface area (Å²) < 4.78 is 5.10. The summed E-state index contributed by atoms with van der Waals surface area (Å²) in [7, 11) is 0. The van der Waals surface area contributed by atoms with Crippen molar-refractivity contribution in [1.82, 2.24) is 0 Å². The first kappa shape index (κ1) is 8.66. The fourth-order valence-electron chi connectivity index (χ4n) is 0.333. The normalized spacial score (nSPS) is 9.75. The standard InChI is InChI=1S/C5H12OS2/c7-4-1-2-6-3-5-8/h7-8H,1-5H2. The highest BCUT2D eigenvalue weighted by molar-refractivity contribution is 7.80. The topological polar surface area (TPSA) is 9.23 Å². The lowest BCUT2D eigenvalue weighted by molar-refractivity contribution is 0.152. The maximum Gasteiger partial charge on any atom is 0.0554 e. The van der Waals surface area contributed by atoms with Gasteiger partial charge in [0.15, 0.2) is 0 Å². The number of thiol groups is 2. The fourth-order valence-corrected chi connectivity index (χ4v) is 0.591. The molecule has 0 aliphatic heterocycles. The van der Waals surface area contributed by atoms with Gasteiger partial charge in [-0.25, -0.2) is 0 Å². The minimum absolute atomic E-state index is 0.761. The van der Waals surface area contributed by atoms with Crippen molar-refractivity contribution < 1.29 is 4.74 Å². The Morgan fingerprint density at radius 2 is 1.75 bits per heavy atom. The van der Waals surface area contributed by atoms with E-state index in [0.717, 1.165) is 31.1 Å². The van der Waals surface area contributed by atoms with Crippen molar-refractivity contribution in [2.75, 3.05) is 24.7 Å². The van der Waals surface area contributed by atoms with E-state index in [9.17, 15) is 0 Å². The predicted octanol–water partition coefficient (Wildman–Crippen LogP) is 1.25. The molecule has 0 heterocycles. The molecule has 3 heteroatoms. The second-order valence-electron chi connectivity index (χ2n) is 1.41. The van der Waals surface area contributed by atoms with Crippen LogP contribution in [0.4, 0.5) is 0 Å². The van der Waals surface area contributed by atoms with Crippen molar-refractivity contribution in [1.29, 1.82) is 0 Å². The molecule has 0 aliphatic rings. The molecule has 0 N–H and O–H groups in total. The van der Waals surface area contributed by atoms with E-state index in [0.29, 0.717) is 0 Å². The lowest BCUT2D eigenvalue weighted by atomic mass is 10.5. The molecule has 0 aromatic rings. The Balaban J connectivity index is 2.53.